The standard InChI is InChI=1S/C13H17N5O2/c1-14-12(10-7-17-18(2)8-10)13(20)16-6-9-3-4-11(19)15-5-9/h3-5,7-8,12,14H,6H2,1-2H3,(H,15,19)(H,16,20). The Bertz CT molecular complexity index is 626. The number of aromatic amines is 1. The quantitative estimate of drug-likeness (QED) is 0.697. The lowest BCUT2D eigenvalue weighted by molar-refractivity contribution is -0.123. The van der Waals surface area contributed by atoms with Crippen LogP contribution in [0.25, 0.3) is 0 Å². The first-order valence-corrected chi connectivity index (χ1v) is 6.21. The third-order valence-electron chi connectivity index (χ3n) is 2.92. The molecule has 7 heteroatoms. The van der Waals surface area contributed by atoms with Crippen molar-refractivity contribution in [3.8, 4) is 0 Å². The van der Waals surface area contributed by atoms with E-state index in [0.29, 0.717) is 6.54 Å². The molecule has 2 aromatic rings. The number of nitrogens with zero attached hydrogens (tertiary/aromatic N) is 2. The number of nitrogens with one attached hydrogen (secondary N) is 3. The Labute approximate surface area is 116 Å². The van der Waals surface area contributed by atoms with Gasteiger partial charge in [-0.2, -0.15) is 5.10 Å². The molecule has 20 heavy (non-hydrogen) atoms. The van der Waals surface area contributed by atoms with E-state index in [1.54, 1.807) is 43.4 Å². The third kappa shape index (κ3) is 3.33. The Balaban J connectivity index is 1.99. The van der Waals surface area contributed by atoms with Gasteiger partial charge >= 0.3 is 0 Å². The molecule has 2 aromatic heterocycles. The second kappa shape index (κ2) is 6.16. The summed E-state index contributed by atoms with van der Waals surface area (Å²) in [4.78, 5) is 25.6. The predicted octanol–water partition coefficient (Wildman–Crippen LogP) is -0.315. The molecule has 0 fully saturated rings. The first kappa shape index (κ1) is 14.0. The number of carbonyl (C=O) groups is 1. The van der Waals surface area contributed by atoms with Crippen molar-refractivity contribution in [2.45, 2.75) is 12.6 Å². The molecule has 0 aromatic carbocycles. The van der Waals surface area contributed by atoms with Gasteiger partial charge < -0.3 is 15.6 Å². The number of amides is 1. The molecule has 0 aliphatic heterocycles. The SMILES string of the molecule is CNC(C(=O)NCc1ccc(=O)[nH]c1)c1cnn(C)c1. The van der Waals surface area contributed by atoms with E-state index in [0.717, 1.165) is 11.1 Å². The molecule has 3 N–H and O–H groups in total. The summed E-state index contributed by atoms with van der Waals surface area (Å²) in [6.07, 6.45) is 5.03. The summed E-state index contributed by atoms with van der Waals surface area (Å²) in [6.45, 7) is 0.355. The Hall–Kier alpha value is -2.41. The van der Waals surface area contributed by atoms with E-state index in [1.165, 1.54) is 6.07 Å². The molecule has 2 heterocycles. The van der Waals surface area contributed by atoms with Crippen molar-refractivity contribution in [2.24, 2.45) is 7.05 Å². The lowest BCUT2D eigenvalue weighted by Gasteiger charge is -2.14. The number of rotatable bonds is 5. The number of H-pyrrole nitrogens is 1. The van der Waals surface area contributed by atoms with Crippen LogP contribution < -0.4 is 16.2 Å². The highest BCUT2D eigenvalue weighted by Crippen LogP contribution is 2.11. The van der Waals surface area contributed by atoms with Crippen LogP contribution in [0.15, 0.2) is 35.5 Å². The lowest BCUT2D eigenvalue weighted by Crippen LogP contribution is -2.35. The average molecular weight is 275 g/mol. The van der Waals surface area contributed by atoms with Gasteiger partial charge in [-0.05, 0) is 12.6 Å². The zero-order chi connectivity index (χ0) is 14.5. The molecule has 0 bridgehead atoms. The van der Waals surface area contributed by atoms with E-state index >= 15 is 0 Å². The van der Waals surface area contributed by atoms with Crippen LogP contribution in [0.2, 0.25) is 0 Å². The number of carbonyl (C=O) groups excluding carboxylic acids is 1. The van der Waals surface area contributed by atoms with Crippen molar-refractivity contribution in [2.75, 3.05) is 7.05 Å². The van der Waals surface area contributed by atoms with Crippen LogP contribution in [0, 0.1) is 0 Å². The second-order valence-corrected chi connectivity index (χ2v) is 4.45. The molecule has 1 unspecified atom stereocenters. The molecule has 0 aliphatic carbocycles. The minimum atomic E-state index is -0.452. The monoisotopic (exact) mass is 275 g/mol. The molecule has 0 saturated heterocycles. The van der Waals surface area contributed by atoms with Crippen LogP contribution in [0.5, 0.6) is 0 Å². The Morgan fingerprint density at radius 1 is 1.50 bits per heavy atom. The summed E-state index contributed by atoms with van der Waals surface area (Å²) in [7, 11) is 3.52. The van der Waals surface area contributed by atoms with Crippen molar-refractivity contribution < 1.29 is 4.79 Å². The molecule has 1 atom stereocenters. The molecular formula is C13H17N5O2. The summed E-state index contributed by atoms with van der Waals surface area (Å²) in [5.74, 6) is -0.147. The highest BCUT2D eigenvalue weighted by atomic mass is 16.2. The van der Waals surface area contributed by atoms with E-state index in [-0.39, 0.29) is 11.5 Å². The van der Waals surface area contributed by atoms with Crippen LogP contribution in [-0.4, -0.2) is 27.7 Å². The average Bonchev–Trinajstić information content (AvgIpc) is 2.85. The zero-order valence-corrected chi connectivity index (χ0v) is 11.4. The van der Waals surface area contributed by atoms with Crippen molar-refractivity contribution >= 4 is 5.91 Å². The number of hydrogen-bond acceptors (Lipinski definition) is 4. The molecule has 0 spiro atoms. The Morgan fingerprint density at radius 3 is 2.85 bits per heavy atom. The van der Waals surface area contributed by atoms with Crippen molar-refractivity contribution in [1.82, 2.24) is 25.4 Å². The van der Waals surface area contributed by atoms with Crippen LogP contribution >= 0.6 is 0 Å². The summed E-state index contributed by atoms with van der Waals surface area (Å²) in [5, 5.41) is 9.82. The Kier molecular flexibility index (Phi) is 4.31. The predicted molar refractivity (Wildman–Crippen MR) is 73.9 cm³/mol. The van der Waals surface area contributed by atoms with Gasteiger partial charge in [0.1, 0.15) is 6.04 Å². The van der Waals surface area contributed by atoms with E-state index in [1.807, 2.05) is 0 Å². The molecule has 0 radical (unpaired) electrons. The van der Waals surface area contributed by atoms with E-state index in [4.69, 9.17) is 0 Å². The smallest absolute Gasteiger partial charge is 0.247 e. The van der Waals surface area contributed by atoms with Crippen molar-refractivity contribution in [3.63, 3.8) is 0 Å². The van der Waals surface area contributed by atoms with Gasteiger partial charge in [0.05, 0.1) is 6.20 Å². The first-order chi connectivity index (χ1) is 9.60. The van der Waals surface area contributed by atoms with Gasteiger partial charge in [-0.15, -0.1) is 0 Å². The minimum Gasteiger partial charge on any atom is -0.350 e. The van der Waals surface area contributed by atoms with Gasteiger partial charge in [-0.1, -0.05) is 6.07 Å². The minimum absolute atomic E-state index is 0.147. The van der Waals surface area contributed by atoms with Crippen LogP contribution in [-0.2, 0) is 18.4 Å². The fourth-order valence-electron chi connectivity index (χ4n) is 1.88. The number of likely N-dealkylation sites (N-methyl/N-ethyl adjacent to an activating group) is 1. The topological polar surface area (TPSA) is 91.8 Å². The molecule has 2 rings (SSSR count). The van der Waals surface area contributed by atoms with Crippen LogP contribution in [0.1, 0.15) is 17.2 Å². The van der Waals surface area contributed by atoms with Gasteiger partial charge in [0.15, 0.2) is 0 Å². The lowest BCUT2D eigenvalue weighted by atomic mass is 10.1. The highest BCUT2D eigenvalue weighted by molar-refractivity contribution is 5.82. The highest BCUT2D eigenvalue weighted by Gasteiger charge is 2.19. The van der Waals surface area contributed by atoms with Gasteiger partial charge in [0, 0.05) is 37.6 Å². The largest absolute Gasteiger partial charge is 0.350 e. The molecule has 7 nitrogen and oxygen atoms in total. The molecular weight excluding hydrogens is 258 g/mol. The van der Waals surface area contributed by atoms with Crippen LogP contribution in [0.3, 0.4) is 0 Å². The van der Waals surface area contributed by atoms with Crippen molar-refractivity contribution in [1.29, 1.82) is 0 Å². The van der Waals surface area contributed by atoms with Crippen molar-refractivity contribution in [3.05, 3.63) is 52.2 Å². The summed E-state index contributed by atoms with van der Waals surface area (Å²) in [6, 6.07) is 2.65. The van der Waals surface area contributed by atoms with Gasteiger partial charge in [-0.3, -0.25) is 14.3 Å². The van der Waals surface area contributed by atoms with Gasteiger partial charge in [0.2, 0.25) is 11.5 Å². The van der Waals surface area contributed by atoms with E-state index in [2.05, 4.69) is 20.7 Å². The fraction of sp³-hybridized carbons (Fsp3) is 0.308. The maximum absolute atomic E-state index is 12.1. The second-order valence-electron chi connectivity index (χ2n) is 4.45. The molecule has 0 aliphatic rings. The number of aryl methyl sites for hydroxylation is 1. The maximum Gasteiger partial charge on any atom is 0.247 e. The summed E-state index contributed by atoms with van der Waals surface area (Å²) in [5.41, 5.74) is 1.47. The zero-order valence-electron chi connectivity index (χ0n) is 11.4. The van der Waals surface area contributed by atoms with Crippen LogP contribution in [0.4, 0.5) is 0 Å². The Morgan fingerprint density at radius 2 is 2.30 bits per heavy atom. The first-order valence-electron chi connectivity index (χ1n) is 6.21. The molecule has 0 saturated carbocycles. The van der Waals surface area contributed by atoms with Gasteiger partial charge in [0.25, 0.3) is 0 Å². The molecule has 1 amide bonds. The van der Waals surface area contributed by atoms with Gasteiger partial charge in [-0.25, -0.2) is 0 Å². The molecule has 106 valence electrons. The summed E-state index contributed by atoms with van der Waals surface area (Å²) >= 11 is 0. The normalized spacial score (nSPS) is 12.1. The maximum atomic E-state index is 12.1. The third-order valence-corrected chi connectivity index (χ3v) is 2.92. The number of hydrogen-bond donors (Lipinski definition) is 3. The van der Waals surface area contributed by atoms with E-state index < -0.39 is 6.04 Å². The fourth-order valence-corrected chi connectivity index (χ4v) is 1.88. The number of aromatic nitrogens is 3. The summed E-state index contributed by atoms with van der Waals surface area (Å²) < 4.78 is 1.65. The van der Waals surface area contributed by atoms with E-state index in [9.17, 15) is 9.59 Å². The number of pyridine rings is 1.